The van der Waals surface area contributed by atoms with Gasteiger partial charge in [-0.2, -0.15) is 0 Å². The Morgan fingerprint density at radius 1 is 0.475 bits per heavy atom. The Bertz CT molecular complexity index is 2260. The number of unbranched alkanes of at least 4 members (excludes halogenated alkanes) is 5. The van der Waals surface area contributed by atoms with Gasteiger partial charge < -0.3 is 51.5 Å². The molecule has 0 radical (unpaired) electrons. The molecule has 0 bridgehead atoms. The SMILES string of the molecule is CN[C@@H](C)C(=O)N[C@H]1CN(C(=O)CCCCCCCCC(=O)N2CC[C@H]3CC[C@@H](C(=O)N[C@@H]4CCCC[C@H]4c4ccccc4)N3C(=O)[C@@H](NC(=O)[C@H](C)NC)C2)CC[C@H]2CC[C@@H](C(=O)N[C@@H]3CCCC[C@H]3c3ccccc3)N2C1=O. The lowest BCUT2D eigenvalue weighted by atomic mass is 9.80. The van der Waals surface area contributed by atoms with E-state index in [0.29, 0.717) is 77.3 Å². The maximum Gasteiger partial charge on any atom is 0.247 e. The average molecular weight is 1110 g/mol. The van der Waals surface area contributed by atoms with Crippen LogP contribution < -0.4 is 31.9 Å². The van der Waals surface area contributed by atoms with Gasteiger partial charge in [0.05, 0.1) is 12.1 Å². The number of likely N-dealkylation sites (N-methyl/N-ethyl adjacent to an activating group) is 2. The molecule has 0 unspecified atom stereocenters. The third-order valence-corrected chi connectivity index (χ3v) is 18.7. The van der Waals surface area contributed by atoms with Crippen LogP contribution in [0.25, 0.3) is 0 Å². The molecule has 8 amide bonds. The van der Waals surface area contributed by atoms with E-state index in [0.717, 1.165) is 77.0 Å². The van der Waals surface area contributed by atoms with E-state index in [1.807, 2.05) is 36.4 Å². The minimum Gasteiger partial charge on any atom is -0.351 e. The number of hydrogen-bond donors (Lipinski definition) is 6. The van der Waals surface area contributed by atoms with Gasteiger partial charge in [0.25, 0.3) is 0 Å². The van der Waals surface area contributed by atoms with Gasteiger partial charge in [0, 0.05) is 75.0 Å². The monoisotopic (exact) mass is 1100 g/mol. The number of nitrogens with zero attached hydrogens (tertiary/aromatic N) is 4. The first-order valence-corrected chi connectivity index (χ1v) is 30.6. The number of fused-ring (bicyclic) bond motifs is 2. The van der Waals surface area contributed by atoms with Crippen molar-refractivity contribution in [1.82, 2.24) is 51.5 Å². The van der Waals surface area contributed by atoms with Gasteiger partial charge >= 0.3 is 0 Å². The first-order chi connectivity index (χ1) is 38.8. The second-order valence-electron chi connectivity index (χ2n) is 23.8. The van der Waals surface area contributed by atoms with E-state index in [4.69, 9.17) is 0 Å². The second-order valence-corrected chi connectivity index (χ2v) is 23.8. The molecule has 4 saturated heterocycles. The van der Waals surface area contributed by atoms with E-state index in [1.165, 1.54) is 11.1 Å². The molecule has 438 valence electrons. The Hall–Kier alpha value is -5.88. The van der Waals surface area contributed by atoms with Crippen LogP contribution in [0.5, 0.6) is 0 Å². The van der Waals surface area contributed by atoms with Gasteiger partial charge in [-0.1, -0.05) is 112 Å². The summed E-state index contributed by atoms with van der Waals surface area (Å²) in [6.45, 7) is 4.34. The molecule has 6 fully saturated rings. The molecule has 18 nitrogen and oxygen atoms in total. The minimum absolute atomic E-state index is 0.0262. The standard InChI is InChI=1S/C62H92N10O8/c1-41(63-3)57(75)67-51-39-69(37-35-45-31-33-53(71(45)61(51)79)59(77)65-49-27-19-17-25-47(49)43-21-11-9-12-22-43)55(73)29-15-7-5-6-8-16-30-56(74)70-38-36-46-32-34-54(72(46)62(80)52(40-70)68-58(76)42(2)64-4)60(78)66-50-28-20-18-26-48(50)44-23-13-10-14-24-44/h9-14,21-24,41-42,45-54,63-64H,5-8,15-20,25-40H2,1-4H3,(H,65,77)(H,66,78)(H,67,75)(H,68,76)/t41-,42-,45+,46+,47-,48-,49+,50+,51-,52-,53-,54-/m0/s1. The summed E-state index contributed by atoms with van der Waals surface area (Å²) < 4.78 is 0. The highest BCUT2D eigenvalue weighted by atomic mass is 16.2. The molecule has 0 aromatic heterocycles. The van der Waals surface area contributed by atoms with Gasteiger partial charge in [-0.25, -0.2) is 0 Å². The summed E-state index contributed by atoms with van der Waals surface area (Å²) in [5.74, 6) is -1.35. The summed E-state index contributed by atoms with van der Waals surface area (Å²) in [5.41, 5.74) is 2.43. The molecule has 12 atom stereocenters. The zero-order chi connectivity index (χ0) is 56.7. The van der Waals surface area contributed by atoms with Crippen molar-refractivity contribution in [3.8, 4) is 0 Å². The van der Waals surface area contributed by atoms with Gasteiger partial charge in [0.1, 0.15) is 24.2 Å². The van der Waals surface area contributed by atoms with Gasteiger partial charge in [0.15, 0.2) is 0 Å². The summed E-state index contributed by atoms with van der Waals surface area (Å²) in [7, 11) is 3.36. The molecule has 4 heterocycles. The smallest absolute Gasteiger partial charge is 0.247 e. The largest absolute Gasteiger partial charge is 0.351 e. The Kier molecular flexibility index (Phi) is 22.0. The van der Waals surface area contributed by atoms with Crippen LogP contribution >= 0.6 is 0 Å². The van der Waals surface area contributed by atoms with Crippen LogP contribution in [0.4, 0.5) is 0 Å². The van der Waals surface area contributed by atoms with Crippen molar-refractivity contribution in [2.45, 2.75) is 227 Å². The number of carbonyl (C=O) groups is 8. The number of rotatable bonds is 21. The van der Waals surface area contributed by atoms with E-state index < -0.39 is 36.3 Å². The fourth-order valence-corrected chi connectivity index (χ4v) is 13.7. The highest BCUT2D eigenvalue weighted by Gasteiger charge is 2.48. The highest BCUT2D eigenvalue weighted by Crippen LogP contribution is 2.37. The molecular formula is C62H92N10O8. The zero-order valence-corrected chi connectivity index (χ0v) is 48.1. The van der Waals surface area contributed by atoms with Crippen LogP contribution in [0.1, 0.15) is 178 Å². The first-order valence-electron chi connectivity index (χ1n) is 30.6. The lowest BCUT2D eigenvalue weighted by Gasteiger charge is -2.40. The molecule has 2 aliphatic carbocycles. The Balaban J connectivity index is 0.798. The second kappa shape index (κ2) is 29.2. The molecule has 2 aromatic rings. The number of benzene rings is 2. The summed E-state index contributed by atoms with van der Waals surface area (Å²) in [4.78, 5) is 119. The van der Waals surface area contributed by atoms with Gasteiger partial charge in [-0.3, -0.25) is 38.4 Å². The number of nitrogens with one attached hydrogen (secondary N) is 6. The summed E-state index contributed by atoms with van der Waals surface area (Å²) in [5, 5.41) is 18.5. The van der Waals surface area contributed by atoms with E-state index in [1.54, 1.807) is 47.5 Å². The summed E-state index contributed by atoms with van der Waals surface area (Å²) in [6, 6.07) is 15.7. The Morgan fingerprint density at radius 3 is 1.24 bits per heavy atom. The molecule has 8 rings (SSSR count). The normalized spacial score (nSPS) is 28.0. The summed E-state index contributed by atoms with van der Waals surface area (Å²) in [6.07, 6.45) is 16.8. The van der Waals surface area contributed by atoms with Gasteiger partial charge in [0.2, 0.25) is 47.3 Å². The average Bonchev–Trinajstić information content (AvgIpc) is 4.20. The van der Waals surface area contributed by atoms with Crippen molar-refractivity contribution in [3.63, 3.8) is 0 Å². The Labute approximate surface area is 474 Å². The molecule has 18 heteroatoms. The minimum atomic E-state index is -0.998. The lowest BCUT2D eigenvalue weighted by molar-refractivity contribution is -0.147. The van der Waals surface area contributed by atoms with E-state index >= 15 is 0 Å². The van der Waals surface area contributed by atoms with Crippen LogP contribution in [-0.4, -0.2) is 168 Å². The predicted octanol–water partition coefficient (Wildman–Crippen LogP) is 5.16. The number of hydrogen-bond acceptors (Lipinski definition) is 10. The van der Waals surface area contributed by atoms with Crippen LogP contribution in [0, 0.1) is 0 Å². The van der Waals surface area contributed by atoms with E-state index in [2.05, 4.69) is 56.2 Å². The van der Waals surface area contributed by atoms with Crippen molar-refractivity contribution < 1.29 is 38.4 Å². The first kappa shape index (κ1) is 60.2. The molecule has 0 spiro atoms. The van der Waals surface area contributed by atoms with E-state index in [-0.39, 0.29) is 96.4 Å². The van der Waals surface area contributed by atoms with Crippen molar-refractivity contribution >= 4 is 47.3 Å². The van der Waals surface area contributed by atoms with Crippen molar-refractivity contribution in [2.75, 3.05) is 40.3 Å². The fraction of sp³-hybridized carbons (Fsp3) is 0.677. The summed E-state index contributed by atoms with van der Waals surface area (Å²) >= 11 is 0. The molecule has 80 heavy (non-hydrogen) atoms. The third-order valence-electron chi connectivity index (χ3n) is 18.7. The van der Waals surface area contributed by atoms with Crippen molar-refractivity contribution in [3.05, 3.63) is 71.8 Å². The molecule has 2 aromatic carbocycles. The maximum absolute atomic E-state index is 14.6. The molecule has 6 N–H and O–H groups in total. The van der Waals surface area contributed by atoms with Crippen LogP contribution in [-0.2, 0) is 38.4 Å². The van der Waals surface area contributed by atoms with Crippen LogP contribution in [0.3, 0.4) is 0 Å². The fourth-order valence-electron chi connectivity index (χ4n) is 13.7. The van der Waals surface area contributed by atoms with Gasteiger partial charge in [-0.15, -0.1) is 0 Å². The lowest BCUT2D eigenvalue weighted by Crippen LogP contribution is -2.62. The molecular weight excluding hydrogens is 1010 g/mol. The van der Waals surface area contributed by atoms with Crippen LogP contribution in [0.2, 0.25) is 0 Å². The Morgan fingerprint density at radius 2 is 0.850 bits per heavy atom. The number of amides is 8. The third kappa shape index (κ3) is 15.2. The molecule has 2 saturated carbocycles. The predicted molar refractivity (Wildman–Crippen MR) is 307 cm³/mol. The molecule has 4 aliphatic heterocycles. The van der Waals surface area contributed by atoms with Crippen molar-refractivity contribution in [1.29, 1.82) is 0 Å². The zero-order valence-electron chi connectivity index (χ0n) is 48.1. The van der Waals surface area contributed by atoms with E-state index in [9.17, 15) is 38.4 Å². The highest BCUT2D eigenvalue weighted by molar-refractivity contribution is 5.96. The molecule has 6 aliphatic rings. The quantitative estimate of drug-likeness (QED) is 0.0902. The van der Waals surface area contributed by atoms with Crippen LogP contribution in [0.15, 0.2) is 60.7 Å². The maximum atomic E-state index is 14.6. The topological polar surface area (TPSA) is 222 Å². The van der Waals surface area contributed by atoms with Crippen molar-refractivity contribution in [2.24, 2.45) is 0 Å². The van der Waals surface area contributed by atoms with Gasteiger partial charge in [-0.05, 0) is 116 Å². The number of carbonyl (C=O) groups excluding carboxylic acids is 8.